The highest BCUT2D eigenvalue weighted by Gasteiger charge is 2.23. The number of methoxy groups -OCH3 is 1. The van der Waals surface area contributed by atoms with Gasteiger partial charge in [0.25, 0.3) is 5.91 Å². The normalized spacial score (nSPS) is 16.1. The molecule has 1 aromatic heterocycles. The molecule has 0 aliphatic carbocycles. The van der Waals surface area contributed by atoms with Crippen molar-refractivity contribution in [3.8, 4) is 5.75 Å². The summed E-state index contributed by atoms with van der Waals surface area (Å²) in [6.07, 6.45) is 2.46. The Morgan fingerprint density at radius 1 is 1.06 bits per heavy atom. The van der Waals surface area contributed by atoms with E-state index in [0.717, 1.165) is 33.3 Å². The molecule has 4 aromatic rings. The van der Waals surface area contributed by atoms with Gasteiger partial charge in [-0.1, -0.05) is 35.5 Å². The van der Waals surface area contributed by atoms with Crippen molar-refractivity contribution in [2.45, 2.75) is 6.42 Å². The minimum atomic E-state index is -0.155. The molecule has 32 heavy (non-hydrogen) atoms. The van der Waals surface area contributed by atoms with Crippen molar-refractivity contribution in [3.05, 3.63) is 82.5 Å². The molecule has 2 N–H and O–H groups in total. The van der Waals surface area contributed by atoms with Gasteiger partial charge in [0.15, 0.2) is 11.0 Å². The molecule has 0 unspecified atom stereocenters. The second kappa shape index (κ2) is 8.64. The number of nitrogens with zero attached hydrogens (tertiary/aromatic N) is 4. The lowest BCUT2D eigenvalue weighted by Gasteiger charge is -2.03. The van der Waals surface area contributed by atoms with Crippen LogP contribution in [0.3, 0.4) is 0 Å². The highest BCUT2D eigenvalue weighted by atomic mass is 32.2. The topological polar surface area (TPSA) is 105 Å². The quantitative estimate of drug-likeness (QED) is 0.455. The first-order chi connectivity index (χ1) is 15.7. The van der Waals surface area contributed by atoms with Gasteiger partial charge < -0.3 is 10.1 Å². The number of tetrazole rings is 1. The average molecular weight is 443 g/mol. The predicted octanol–water partition coefficient (Wildman–Crippen LogP) is 3.84. The third kappa shape index (κ3) is 4.37. The largest absolute Gasteiger partial charge is 0.497 e. The van der Waals surface area contributed by atoms with Gasteiger partial charge >= 0.3 is 0 Å². The van der Waals surface area contributed by atoms with E-state index in [-0.39, 0.29) is 5.91 Å². The number of hydrogen-bond donors (Lipinski definition) is 2. The average Bonchev–Trinajstić information content (AvgIpc) is 3.44. The molecule has 2 heterocycles. The van der Waals surface area contributed by atoms with Gasteiger partial charge in [0.2, 0.25) is 0 Å². The lowest BCUT2D eigenvalue weighted by atomic mass is 10.1. The molecule has 5 rings (SSSR count). The number of rotatable bonds is 5. The van der Waals surface area contributed by atoms with Crippen LogP contribution in [0.15, 0.2) is 70.6 Å². The first-order valence-electron chi connectivity index (χ1n) is 9.85. The number of ether oxygens (including phenoxy) is 1. The first kappa shape index (κ1) is 20.0. The number of aromatic amines is 1. The van der Waals surface area contributed by atoms with E-state index >= 15 is 0 Å². The standard InChI is InChI=1S/C23H18N6O2S/c1-31-19-9-6-16-10-15(2-5-17(16)13-19)11-20-22(30)25-23(32-20)24-18-7-3-14(4-8-18)12-21-26-28-29-27-21/h2-11,13H,12H2,1H3,(H,24,25,30)(H,26,27,28,29)/b20-11-. The fourth-order valence-electron chi connectivity index (χ4n) is 3.34. The summed E-state index contributed by atoms with van der Waals surface area (Å²) in [5.41, 5.74) is 2.76. The predicted molar refractivity (Wildman–Crippen MR) is 125 cm³/mol. The lowest BCUT2D eigenvalue weighted by molar-refractivity contribution is -0.115. The highest BCUT2D eigenvalue weighted by molar-refractivity contribution is 8.18. The molecule has 0 radical (unpaired) electrons. The van der Waals surface area contributed by atoms with E-state index in [1.807, 2.05) is 66.7 Å². The fourth-order valence-corrected chi connectivity index (χ4v) is 4.18. The fraction of sp³-hybridized carbons (Fsp3) is 0.0870. The van der Waals surface area contributed by atoms with Crippen molar-refractivity contribution in [1.82, 2.24) is 25.9 Å². The van der Waals surface area contributed by atoms with Gasteiger partial charge in [0.1, 0.15) is 5.75 Å². The van der Waals surface area contributed by atoms with E-state index in [0.29, 0.717) is 22.3 Å². The highest BCUT2D eigenvalue weighted by Crippen LogP contribution is 2.29. The van der Waals surface area contributed by atoms with Crippen molar-refractivity contribution < 1.29 is 9.53 Å². The van der Waals surface area contributed by atoms with Gasteiger partial charge in [-0.15, -0.1) is 10.2 Å². The molecule has 158 valence electrons. The van der Waals surface area contributed by atoms with Crippen molar-refractivity contribution in [2.75, 3.05) is 7.11 Å². The number of carbonyl (C=O) groups excluding carboxylic acids is 1. The van der Waals surface area contributed by atoms with E-state index in [2.05, 4.69) is 30.9 Å². The molecule has 8 nitrogen and oxygen atoms in total. The van der Waals surface area contributed by atoms with Crippen molar-refractivity contribution in [3.63, 3.8) is 0 Å². The first-order valence-corrected chi connectivity index (χ1v) is 10.7. The summed E-state index contributed by atoms with van der Waals surface area (Å²) in [4.78, 5) is 17.6. The zero-order chi connectivity index (χ0) is 21.9. The maximum Gasteiger partial charge on any atom is 0.264 e. The number of H-pyrrole nitrogens is 1. The second-order valence-electron chi connectivity index (χ2n) is 7.13. The van der Waals surface area contributed by atoms with Crippen LogP contribution in [0.25, 0.3) is 16.8 Å². The van der Waals surface area contributed by atoms with Gasteiger partial charge in [-0.3, -0.25) is 4.79 Å². The number of fused-ring (bicyclic) bond motifs is 1. The van der Waals surface area contributed by atoms with Gasteiger partial charge in [-0.2, -0.15) is 5.21 Å². The minimum Gasteiger partial charge on any atom is -0.497 e. The van der Waals surface area contributed by atoms with Crippen LogP contribution < -0.4 is 10.1 Å². The molecule has 3 aromatic carbocycles. The second-order valence-corrected chi connectivity index (χ2v) is 8.16. The zero-order valence-electron chi connectivity index (χ0n) is 17.1. The maximum absolute atomic E-state index is 12.4. The van der Waals surface area contributed by atoms with Gasteiger partial charge in [0.05, 0.1) is 17.7 Å². The zero-order valence-corrected chi connectivity index (χ0v) is 17.9. The summed E-state index contributed by atoms with van der Waals surface area (Å²) < 4.78 is 5.27. The van der Waals surface area contributed by atoms with Gasteiger partial charge in [-0.05, 0) is 70.1 Å². The van der Waals surface area contributed by atoms with E-state index in [9.17, 15) is 4.79 Å². The monoisotopic (exact) mass is 442 g/mol. The number of hydrogen-bond acceptors (Lipinski definition) is 7. The minimum absolute atomic E-state index is 0.155. The Balaban J connectivity index is 1.31. The van der Waals surface area contributed by atoms with Crippen LogP contribution in [0, 0.1) is 0 Å². The number of amidine groups is 1. The van der Waals surface area contributed by atoms with Crippen LogP contribution in [0.2, 0.25) is 0 Å². The van der Waals surface area contributed by atoms with Gasteiger partial charge in [0, 0.05) is 6.42 Å². The van der Waals surface area contributed by atoms with E-state index in [1.165, 1.54) is 11.8 Å². The van der Waals surface area contributed by atoms with Gasteiger partial charge in [-0.25, -0.2) is 4.99 Å². The molecule has 1 aliphatic rings. The molecule has 0 saturated carbocycles. The van der Waals surface area contributed by atoms with Crippen LogP contribution in [-0.4, -0.2) is 38.8 Å². The van der Waals surface area contributed by atoms with Crippen molar-refractivity contribution >= 4 is 45.4 Å². The molecule has 0 atom stereocenters. The Morgan fingerprint density at radius 3 is 2.66 bits per heavy atom. The summed E-state index contributed by atoms with van der Waals surface area (Å²) in [5.74, 6) is 1.29. The molecule has 1 amide bonds. The Bertz CT molecular complexity index is 1350. The molecule has 1 fully saturated rings. The molecular weight excluding hydrogens is 424 g/mol. The van der Waals surface area contributed by atoms with E-state index in [1.54, 1.807) is 7.11 Å². The van der Waals surface area contributed by atoms with Crippen LogP contribution in [0.4, 0.5) is 5.69 Å². The number of benzene rings is 3. The molecule has 1 saturated heterocycles. The number of amides is 1. The summed E-state index contributed by atoms with van der Waals surface area (Å²) in [6.45, 7) is 0. The molecule has 0 spiro atoms. The summed E-state index contributed by atoms with van der Waals surface area (Å²) >= 11 is 1.33. The number of aromatic nitrogens is 4. The third-order valence-electron chi connectivity index (χ3n) is 4.94. The SMILES string of the molecule is COc1ccc2cc(/C=C3\SC(=Nc4ccc(Cc5nn[nH]n5)cc4)NC3=O)ccc2c1. The molecule has 9 heteroatoms. The Labute approximate surface area is 187 Å². The van der Waals surface area contributed by atoms with Crippen molar-refractivity contribution in [2.24, 2.45) is 4.99 Å². The Kier molecular flexibility index (Phi) is 5.39. The Hall–Kier alpha value is -3.98. The molecule has 1 aliphatic heterocycles. The lowest BCUT2D eigenvalue weighted by Crippen LogP contribution is -2.19. The van der Waals surface area contributed by atoms with Crippen LogP contribution >= 0.6 is 11.8 Å². The van der Waals surface area contributed by atoms with E-state index < -0.39 is 0 Å². The summed E-state index contributed by atoms with van der Waals surface area (Å²) in [7, 11) is 1.65. The Morgan fingerprint density at radius 2 is 1.88 bits per heavy atom. The van der Waals surface area contributed by atoms with E-state index in [4.69, 9.17) is 4.74 Å². The number of carbonyl (C=O) groups is 1. The summed E-state index contributed by atoms with van der Waals surface area (Å²) in [5, 5.41) is 19.5. The smallest absolute Gasteiger partial charge is 0.264 e. The third-order valence-corrected chi connectivity index (χ3v) is 5.85. The number of nitrogens with one attached hydrogen (secondary N) is 2. The summed E-state index contributed by atoms with van der Waals surface area (Å²) in [6, 6.07) is 19.7. The van der Waals surface area contributed by atoms with Crippen LogP contribution in [0.5, 0.6) is 5.75 Å². The van der Waals surface area contributed by atoms with Crippen molar-refractivity contribution in [1.29, 1.82) is 0 Å². The molecule has 0 bridgehead atoms. The maximum atomic E-state index is 12.4. The van der Waals surface area contributed by atoms with Crippen LogP contribution in [-0.2, 0) is 11.2 Å². The number of aliphatic imine (C=N–C) groups is 1. The molecular formula is C23H18N6O2S. The van der Waals surface area contributed by atoms with Crippen LogP contribution in [0.1, 0.15) is 17.0 Å². The number of thioether (sulfide) groups is 1.